The zero-order valence-corrected chi connectivity index (χ0v) is 16.8. The van der Waals surface area contributed by atoms with Gasteiger partial charge in [0.1, 0.15) is 0 Å². The van der Waals surface area contributed by atoms with Crippen LogP contribution in [0.4, 0.5) is 0 Å². The maximum absolute atomic E-state index is 4.73. The lowest BCUT2D eigenvalue weighted by Gasteiger charge is -2.32. The molecule has 0 saturated carbocycles. The van der Waals surface area contributed by atoms with E-state index in [-0.39, 0.29) is 12.4 Å². The summed E-state index contributed by atoms with van der Waals surface area (Å²) in [6, 6.07) is 0.546. The summed E-state index contributed by atoms with van der Waals surface area (Å²) in [6.07, 6.45) is 9.13. The fraction of sp³-hybridized carbons (Fsp3) is 0.684. The summed E-state index contributed by atoms with van der Waals surface area (Å²) in [5, 5.41) is 4.73. The van der Waals surface area contributed by atoms with E-state index in [1.165, 1.54) is 49.3 Å². The molecule has 5 nitrogen and oxygen atoms in total. The summed E-state index contributed by atoms with van der Waals surface area (Å²) in [6.45, 7) is 13.3. The molecule has 0 radical (unpaired) electrons. The number of piperidine rings is 1. The first kappa shape index (κ1) is 20.0. The lowest BCUT2D eigenvalue weighted by atomic mass is 10.1. The van der Waals surface area contributed by atoms with Crippen LogP contribution in [0.1, 0.15) is 50.9 Å². The highest BCUT2D eigenvalue weighted by Crippen LogP contribution is 2.27. The van der Waals surface area contributed by atoms with E-state index in [0.29, 0.717) is 6.04 Å². The molecule has 3 rings (SSSR count). The molecule has 25 heavy (non-hydrogen) atoms. The Bertz CT molecular complexity index is 669. The van der Waals surface area contributed by atoms with Crippen molar-refractivity contribution >= 4 is 12.4 Å². The number of nitrogens with zero attached hydrogens (tertiary/aromatic N) is 5. The smallest absolute Gasteiger partial charge is 0.0951 e. The second-order valence-corrected chi connectivity index (χ2v) is 7.15. The standard InChI is InChI=1S/C19H31N5.ClH/c1-5-9-24-17(4)19(16(3)21-24)18-12-20-14-23(18)13-15(2)22-10-7-6-8-11-22;/h12,14-15H,5-11,13H2,1-4H3;1H. The third-order valence-corrected chi connectivity index (χ3v) is 5.26. The lowest BCUT2D eigenvalue weighted by Crippen LogP contribution is -2.39. The average Bonchev–Trinajstić information content (AvgIpc) is 3.13. The molecule has 0 aromatic carbocycles. The van der Waals surface area contributed by atoms with E-state index in [0.717, 1.165) is 25.2 Å². The highest BCUT2D eigenvalue weighted by atomic mass is 35.5. The van der Waals surface area contributed by atoms with Gasteiger partial charge in [0, 0.05) is 30.4 Å². The number of aryl methyl sites for hydroxylation is 2. The van der Waals surface area contributed by atoms with E-state index in [2.05, 4.69) is 46.8 Å². The van der Waals surface area contributed by atoms with Gasteiger partial charge < -0.3 is 4.57 Å². The molecule has 0 bridgehead atoms. The summed E-state index contributed by atoms with van der Waals surface area (Å²) in [4.78, 5) is 7.06. The highest BCUT2D eigenvalue weighted by molar-refractivity contribution is 5.85. The minimum atomic E-state index is 0. The Kier molecular flexibility index (Phi) is 7.08. The van der Waals surface area contributed by atoms with Crippen LogP contribution < -0.4 is 0 Å². The number of likely N-dealkylation sites (tertiary alicyclic amines) is 1. The van der Waals surface area contributed by atoms with Crippen molar-refractivity contribution in [1.82, 2.24) is 24.2 Å². The molecule has 1 aliphatic rings. The minimum absolute atomic E-state index is 0. The molecular formula is C19H32ClN5. The maximum Gasteiger partial charge on any atom is 0.0951 e. The molecule has 1 saturated heterocycles. The van der Waals surface area contributed by atoms with Gasteiger partial charge in [-0.25, -0.2) is 4.98 Å². The van der Waals surface area contributed by atoms with Crippen LogP contribution in [-0.2, 0) is 13.1 Å². The molecule has 6 heteroatoms. The van der Waals surface area contributed by atoms with Crippen molar-refractivity contribution in [3.8, 4) is 11.3 Å². The van der Waals surface area contributed by atoms with Crippen LogP contribution in [0.5, 0.6) is 0 Å². The van der Waals surface area contributed by atoms with Gasteiger partial charge in [-0.2, -0.15) is 5.10 Å². The van der Waals surface area contributed by atoms with Crippen LogP contribution in [-0.4, -0.2) is 43.4 Å². The van der Waals surface area contributed by atoms with Crippen LogP contribution in [0.2, 0.25) is 0 Å². The number of rotatable bonds is 6. The third kappa shape index (κ3) is 4.26. The Labute approximate surface area is 157 Å². The minimum Gasteiger partial charge on any atom is -0.329 e. The van der Waals surface area contributed by atoms with Crippen LogP contribution in [0.3, 0.4) is 0 Å². The van der Waals surface area contributed by atoms with E-state index >= 15 is 0 Å². The SMILES string of the molecule is CCCn1nc(C)c(-c2cncn2CC(C)N2CCCCC2)c1C.Cl. The molecule has 0 amide bonds. The Hall–Kier alpha value is -1.33. The number of aromatic nitrogens is 4. The van der Waals surface area contributed by atoms with Crippen molar-refractivity contribution in [1.29, 1.82) is 0 Å². The van der Waals surface area contributed by atoms with Crippen LogP contribution in [0.15, 0.2) is 12.5 Å². The van der Waals surface area contributed by atoms with E-state index in [4.69, 9.17) is 5.10 Å². The van der Waals surface area contributed by atoms with Crippen molar-refractivity contribution in [2.75, 3.05) is 13.1 Å². The van der Waals surface area contributed by atoms with Gasteiger partial charge in [0.15, 0.2) is 0 Å². The van der Waals surface area contributed by atoms with Crippen LogP contribution in [0, 0.1) is 13.8 Å². The molecule has 0 N–H and O–H groups in total. The number of hydrogen-bond acceptors (Lipinski definition) is 3. The Morgan fingerprint density at radius 2 is 1.88 bits per heavy atom. The summed E-state index contributed by atoms with van der Waals surface area (Å²) < 4.78 is 4.45. The van der Waals surface area contributed by atoms with Gasteiger partial charge in [0.25, 0.3) is 0 Å². The quantitative estimate of drug-likeness (QED) is 0.774. The fourth-order valence-corrected chi connectivity index (χ4v) is 3.93. The molecule has 0 spiro atoms. The highest BCUT2D eigenvalue weighted by Gasteiger charge is 2.20. The van der Waals surface area contributed by atoms with Crippen molar-refractivity contribution in [3.63, 3.8) is 0 Å². The molecular weight excluding hydrogens is 334 g/mol. The Morgan fingerprint density at radius 1 is 1.16 bits per heavy atom. The summed E-state index contributed by atoms with van der Waals surface area (Å²) in [5.74, 6) is 0. The Balaban J connectivity index is 0.00000225. The van der Waals surface area contributed by atoms with Crippen molar-refractivity contribution in [3.05, 3.63) is 23.9 Å². The van der Waals surface area contributed by atoms with Gasteiger partial charge in [-0.3, -0.25) is 9.58 Å². The summed E-state index contributed by atoms with van der Waals surface area (Å²) in [7, 11) is 0. The number of hydrogen-bond donors (Lipinski definition) is 0. The normalized spacial score (nSPS) is 16.6. The molecule has 1 fully saturated rings. The first-order chi connectivity index (χ1) is 11.6. The van der Waals surface area contributed by atoms with Crippen molar-refractivity contribution in [2.24, 2.45) is 0 Å². The second-order valence-electron chi connectivity index (χ2n) is 7.15. The van der Waals surface area contributed by atoms with Gasteiger partial charge in [-0.1, -0.05) is 13.3 Å². The first-order valence-corrected chi connectivity index (χ1v) is 9.40. The Morgan fingerprint density at radius 3 is 2.56 bits per heavy atom. The molecule has 3 heterocycles. The fourth-order valence-electron chi connectivity index (χ4n) is 3.93. The van der Waals surface area contributed by atoms with Gasteiger partial charge >= 0.3 is 0 Å². The molecule has 1 atom stereocenters. The van der Waals surface area contributed by atoms with Gasteiger partial charge in [0.05, 0.1) is 23.9 Å². The lowest BCUT2D eigenvalue weighted by molar-refractivity contribution is 0.160. The average molecular weight is 366 g/mol. The van der Waals surface area contributed by atoms with Crippen molar-refractivity contribution in [2.45, 2.75) is 72.5 Å². The second kappa shape index (κ2) is 8.86. The van der Waals surface area contributed by atoms with E-state index in [1.54, 1.807) is 0 Å². The topological polar surface area (TPSA) is 38.9 Å². The summed E-state index contributed by atoms with van der Waals surface area (Å²) in [5.41, 5.74) is 4.82. The zero-order valence-electron chi connectivity index (χ0n) is 16.0. The zero-order chi connectivity index (χ0) is 17.1. The van der Waals surface area contributed by atoms with E-state index in [9.17, 15) is 0 Å². The predicted molar refractivity (Wildman–Crippen MR) is 105 cm³/mol. The van der Waals surface area contributed by atoms with Gasteiger partial charge in [0.2, 0.25) is 0 Å². The van der Waals surface area contributed by atoms with Crippen LogP contribution >= 0.6 is 12.4 Å². The van der Waals surface area contributed by atoms with E-state index < -0.39 is 0 Å². The molecule has 0 aliphatic carbocycles. The van der Waals surface area contributed by atoms with Gasteiger partial charge in [-0.05, 0) is 53.1 Å². The first-order valence-electron chi connectivity index (χ1n) is 9.40. The number of imidazole rings is 1. The largest absolute Gasteiger partial charge is 0.329 e. The molecule has 1 aliphatic heterocycles. The molecule has 2 aromatic heterocycles. The molecule has 1 unspecified atom stereocenters. The van der Waals surface area contributed by atoms with Crippen molar-refractivity contribution < 1.29 is 0 Å². The third-order valence-electron chi connectivity index (χ3n) is 5.26. The van der Waals surface area contributed by atoms with Crippen LogP contribution in [0.25, 0.3) is 11.3 Å². The molecule has 2 aromatic rings. The molecule has 140 valence electrons. The van der Waals surface area contributed by atoms with Gasteiger partial charge in [-0.15, -0.1) is 12.4 Å². The number of halogens is 1. The summed E-state index contributed by atoms with van der Waals surface area (Å²) >= 11 is 0. The monoisotopic (exact) mass is 365 g/mol. The maximum atomic E-state index is 4.73. The van der Waals surface area contributed by atoms with E-state index in [1.807, 2.05) is 12.5 Å². The predicted octanol–water partition coefficient (Wildman–Crippen LogP) is 4.07.